The van der Waals surface area contributed by atoms with Crippen LogP contribution in [0.3, 0.4) is 0 Å². The van der Waals surface area contributed by atoms with Crippen LogP contribution in [0.2, 0.25) is 5.02 Å². The van der Waals surface area contributed by atoms with Gasteiger partial charge in [-0.3, -0.25) is 4.79 Å². The van der Waals surface area contributed by atoms with Crippen molar-refractivity contribution in [2.24, 2.45) is 5.92 Å². The van der Waals surface area contributed by atoms with Gasteiger partial charge in [-0.1, -0.05) is 27.5 Å². The highest BCUT2D eigenvalue weighted by molar-refractivity contribution is 9.09. The predicted octanol–water partition coefficient (Wildman–Crippen LogP) is 3.29. The summed E-state index contributed by atoms with van der Waals surface area (Å²) in [6, 6.07) is 4.56. The Hall–Kier alpha value is -0.740. The largest absolute Gasteiger partial charge is 0.507 e. The molecule has 1 saturated heterocycles. The van der Waals surface area contributed by atoms with Crippen LogP contribution in [0.5, 0.6) is 5.75 Å². The van der Waals surface area contributed by atoms with Gasteiger partial charge in [0.05, 0.1) is 5.56 Å². The van der Waals surface area contributed by atoms with E-state index < -0.39 is 0 Å². The number of hydrogen-bond acceptors (Lipinski definition) is 2. The van der Waals surface area contributed by atoms with Gasteiger partial charge in [-0.15, -0.1) is 0 Å². The fourth-order valence-electron chi connectivity index (χ4n) is 2.26. The van der Waals surface area contributed by atoms with Gasteiger partial charge in [-0.05, 0) is 37.0 Å². The molecule has 1 amide bonds. The van der Waals surface area contributed by atoms with Crippen molar-refractivity contribution in [3.8, 4) is 5.75 Å². The monoisotopic (exact) mass is 331 g/mol. The fraction of sp³-hybridized carbons (Fsp3) is 0.462. The van der Waals surface area contributed by atoms with Crippen LogP contribution in [0, 0.1) is 5.92 Å². The number of phenols is 1. The van der Waals surface area contributed by atoms with Crippen molar-refractivity contribution in [2.75, 3.05) is 18.4 Å². The Balaban J connectivity index is 2.10. The SMILES string of the molecule is O=C(c1cc(Cl)ccc1O)N1CCC(CCBr)C1. The first-order valence-electron chi connectivity index (χ1n) is 5.95. The van der Waals surface area contributed by atoms with E-state index in [1.54, 1.807) is 11.0 Å². The second-order valence-corrected chi connectivity index (χ2v) is 5.77. The molecule has 1 aliphatic rings. The molecule has 1 N–H and O–H groups in total. The molecule has 1 heterocycles. The molecule has 0 spiro atoms. The second kappa shape index (κ2) is 5.93. The first-order chi connectivity index (χ1) is 8.61. The maximum absolute atomic E-state index is 12.3. The lowest BCUT2D eigenvalue weighted by Gasteiger charge is -2.17. The van der Waals surface area contributed by atoms with Gasteiger partial charge in [0.1, 0.15) is 5.75 Å². The van der Waals surface area contributed by atoms with Crippen molar-refractivity contribution in [3.05, 3.63) is 28.8 Å². The van der Waals surface area contributed by atoms with Crippen molar-refractivity contribution in [3.63, 3.8) is 0 Å². The van der Waals surface area contributed by atoms with Crippen LogP contribution in [0.15, 0.2) is 18.2 Å². The third kappa shape index (κ3) is 2.98. The third-order valence-electron chi connectivity index (χ3n) is 3.28. The highest BCUT2D eigenvalue weighted by Crippen LogP contribution is 2.27. The van der Waals surface area contributed by atoms with Crippen molar-refractivity contribution >= 4 is 33.4 Å². The molecular weight excluding hydrogens is 318 g/mol. The number of hydrogen-bond donors (Lipinski definition) is 1. The summed E-state index contributed by atoms with van der Waals surface area (Å²) < 4.78 is 0. The van der Waals surface area contributed by atoms with E-state index in [1.165, 1.54) is 12.1 Å². The summed E-state index contributed by atoms with van der Waals surface area (Å²) in [5.74, 6) is 0.412. The van der Waals surface area contributed by atoms with Crippen LogP contribution in [-0.4, -0.2) is 34.3 Å². The maximum Gasteiger partial charge on any atom is 0.257 e. The molecule has 3 nitrogen and oxygen atoms in total. The van der Waals surface area contributed by atoms with E-state index in [9.17, 15) is 9.90 Å². The number of halogens is 2. The average Bonchev–Trinajstić information content (AvgIpc) is 2.80. The minimum absolute atomic E-state index is 0.00617. The summed E-state index contributed by atoms with van der Waals surface area (Å²) in [5.41, 5.74) is 0.294. The summed E-state index contributed by atoms with van der Waals surface area (Å²) in [7, 11) is 0. The van der Waals surface area contributed by atoms with Gasteiger partial charge in [0, 0.05) is 23.4 Å². The van der Waals surface area contributed by atoms with E-state index in [2.05, 4.69) is 15.9 Å². The Labute approximate surface area is 120 Å². The van der Waals surface area contributed by atoms with Crippen molar-refractivity contribution in [1.29, 1.82) is 0 Å². The van der Waals surface area contributed by atoms with E-state index in [4.69, 9.17) is 11.6 Å². The molecular formula is C13H15BrClNO2. The van der Waals surface area contributed by atoms with E-state index in [0.717, 1.165) is 31.3 Å². The Bertz CT molecular complexity index is 453. The van der Waals surface area contributed by atoms with Crippen LogP contribution in [0.25, 0.3) is 0 Å². The highest BCUT2D eigenvalue weighted by Gasteiger charge is 2.27. The summed E-state index contributed by atoms with van der Waals surface area (Å²) >= 11 is 9.28. The number of likely N-dealkylation sites (tertiary alicyclic amines) is 1. The van der Waals surface area contributed by atoms with E-state index in [1.807, 2.05) is 0 Å². The number of nitrogens with zero attached hydrogens (tertiary/aromatic N) is 1. The smallest absolute Gasteiger partial charge is 0.257 e. The van der Waals surface area contributed by atoms with Crippen molar-refractivity contribution < 1.29 is 9.90 Å². The van der Waals surface area contributed by atoms with E-state index >= 15 is 0 Å². The molecule has 0 aromatic heterocycles. The fourth-order valence-corrected chi connectivity index (χ4v) is 3.08. The highest BCUT2D eigenvalue weighted by atomic mass is 79.9. The number of benzene rings is 1. The number of amides is 1. The number of aromatic hydroxyl groups is 1. The molecule has 1 aliphatic heterocycles. The lowest BCUT2D eigenvalue weighted by molar-refractivity contribution is 0.0784. The minimum atomic E-state index is -0.132. The quantitative estimate of drug-likeness (QED) is 0.863. The minimum Gasteiger partial charge on any atom is -0.507 e. The van der Waals surface area contributed by atoms with E-state index in [-0.39, 0.29) is 11.7 Å². The molecule has 98 valence electrons. The molecule has 0 bridgehead atoms. The summed E-state index contributed by atoms with van der Waals surface area (Å²) in [6.07, 6.45) is 2.10. The number of carbonyl (C=O) groups is 1. The molecule has 0 radical (unpaired) electrons. The second-order valence-electron chi connectivity index (χ2n) is 4.54. The summed E-state index contributed by atoms with van der Waals surface area (Å²) in [5, 5.41) is 11.1. The Morgan fingerprint density at radius 2 is 2.33 bits per heavy atom. The number of rotatable bonds is 3. The van der Waals surface area contributed by atoms with E-state index in [0.29, 0.717) is 16.5 Å². The van der Waals surface area contributed by atoms with Gasteiger partial charge in [0.15, 0.2) is 0 Å². The molecule has 0 aliphatic carbocycles. The van der Waals surface area contributed by atoms with Crippen LogP contribution in [0.4, 0.5) is 0 Å². The van der Waals surface area contributed by atoms with Gasteiger partial charge in [-0.2, -0.15) is 0 Å². The Morgan fingerprint density at radius 1 is 1.56 bits per heavy atom. The lowest BCUT2D eigenvalue weighted by Crippen LogP contribution is -2.28. The molecule has 1 fully saturated rings. The molecule has 0 saturated carbocycles. The van der Waals surface area contributed by atoms with Crippen LogP contribution >= 0.6 is 27.5 Å². The van der Waals surface area contributed by atoms with Gasteiger partial charge in [0.25, 0.3) is 5.91 Å². The third-order valence-corrected chi connectivity index (χ3v) is 3.97. The zero-order valence-corrected chi connectivity index (χ0v) is 12.2. The number of carbonyl (C=O) groups excluding carboxylic acids is 1. The van der Waals surface area contributed by atoms with Crippen LogP contribution in [0.1, 0.15) is 23.2 Å². The van der Waals surface area contributed by atoms with Crippen molar-refractivity contribution in [2.45, 2.75) is 12.8 Å². The maximum atomic E-state index is 12.3. The molecule has 5 heteroatoms. The molecule has 18 heavy (non-hydrogen) atoms. The normalized spacial score (nSPS) is 19.2. The Kier molecular flexibility index (Phi) is 4.51. The van der Waals surface area contributed by atoms with Gasteiger partial charge >= 0.3 is 0 Å². The van der Waals surface area contributed by atoms with Crippen LogP contribution < -0.4 is 0 Å². The van der Waals surface area contributed by atoms with Gasteiger partial charge in [-0.25, -0.2) is 0 Å². The zero-order chi connectivity index (χ0) is 13.1. The van der Waals surface area contributed by atoms with Gasteiger partial charge < -0.3 is 10.0 Å². The lowest BCUT2D eigenvalue weighted by atomic mass is 10.1. The van der Waals surface area contributed by atoms with Gasteiger partial charge in [0.2, 0.25) is 0 Å². The molecule has 1 unspecified atom stereocenters. The number of phenolic OH excluding ortho intramolecular Hbond substituents is 1. The van der Waals surface area contributed by atoms with Crippen molar-refractivity contribution in [1.82, 2.24) is 4.90 Å². The summed E-state index contributed by atoms with van der Waals surface area (Å²) in [4.78, 5) is 14.1. The summed E-state index contributed by atoms with van der Waals surface area (Å²) in [6.45, 7) is 1.51. The topological polar surface area (TPSA) is 40.5 Å². The standard InChI is InChI=1S/C13H15BrClNO2/c14-5-3-9-4-6-16(8-9)13(18)11-7-10(15)1-2-12(11)17/h1-2,7,9,17H,3-6,8H2. The molecule has 2 rings (SSSR count). The first-order valence-corrected chi connectivity index (χ1v) is 7.45. The zero-order valence-electron chi connectivity index (χ0n) is 9.90. The number of alkyl halides is 1. The van der Waals surface area contributed by atoms with Crippen LogP contribution in [-0.2, 0) is 0 Å². The Morgan fingerprint density at radius 3 is 3.06 bits per heavy atom. The molecule has 1 aromatic carbocycles. The first kappa shape index (κ1) is 13.7. The predicted molar refractivity (Wildman–Crippen MR) is 75.5 cm³/mol. The molecule has 1 atom stereocenters. The average molecular weight is 333 g/mol. The molecule has 1 aromatic rings.